The van der Waals surface area contributed by atoms with Crippen LogP contribution in [0.1, 0.15) is 20.8 Å². The van der Waals surface area contributed by atoms with Crippen LogP contribution in [-0.4, -0.2) is 15.7 Å². The van der Waals surface area contributed by atoms with Crippen molar-refractivity contribution in [2.75, 3.05) is 0 Å². The number of benzene rings is 2. The number of hydrogen-bond donors (Lipinski definition) is 0. The summed E-state index contributed by atoms with van der Waals surface area (Å²) in [7, 11) is -0.740. The van der Waals surface area contributed by atoms with E-state index in [0.717, 1.165) is 11.5 Å². The minimum Gasteiger partial charge on any atom is -0.431 e. The zero-order chi connectivity index (χ0) is 15.1. The second-order valence-corrected chi connectivity index (χ2v) is 7.65. The van der Waals surface area contributed by atoms with Crippen molar-refractivity contribution in [3.05, 3.63) is 60.7 Å². The van der Waals surface area contributed by atoms with Crippen molar-refractivity contribution in [1.29, 1.82) is 0 Å². The molecular weight excluding hydrogens is 280 g/mol. The molecule has 0 saturated carbocycles. The summed E-state index contributed by atoms with van der Waals surface area (Å²) in [4.78, 5) is 0. The highest BCUT2D eigenvalue weighted by molar-refractivity contribution is 6.29. The molecule has 0 aliphatic heterocycles. The molecule has 2 rings (SSSR count). The summed E-state index contributed by atoms with van der Waals surface area (Å²) in [5.74, 6) is 0.363. The van der Waals surface area contributed by atoms with Crippen molar-refractivity contribution in [2.45, 2.75) is 32.3 Å². The first-order chi connectivity index (χ1) is 10.1. The Morgan fingerprint density at radius 2 is 1.24 bits per heavy atom. The Labute approximate surface area is 128 Å². The van der Waals surface area contributed by atoms with Gasteiger partial charge in [-0.25, -0.2) is 0 Å². The molecule has 0 unspecified atom stereocenters. The molecule has 0 bridgehead atoms. The van der Waals surface area contributed by atoms with Gasteiger partial charge in [0.2, 0.25) is 0 Å². The SMILES string of the molecule is CC(C)[SiH2]OC(C)(Oc1ccccc1)Oc1ccccc1. The molecule has 3 nitrogen and oxygen atoms in total. The third-order valence-corrected chi connectivity index (χ3v) is 4.13. The summed E-state index contributed by atoms with van der Waals surface area (Å²) >= 11 is 0. The van der Waals surface area contributed by atoms with Gasteiger partial charge in [0.05, 0.1) is 0 Å². The van der Waals surface area contributed by atoms with Crippen LogP contribution in [0.15, 0.2) is 60.7 Å². The molecule has 0 N–H and O–H groups in total. The maximum absolute atomic E-state index is 5.99. The van der Waals surface area contributed by atoms with Crippen molar-refractivity contribution in [3.8, 4) is 11.5 Å². The molecule has 0 aliphatic rings. The summed E-state index contributed by atoms with van der Waals surface area (Å²) in [5, 5.41) is 0. The fraction of sp³-hybridized carbons (Fsp3) is 0.294. The molecular formula is C17H22O3Si. The molecule has 0 heterocycles. The average Bonchev–Trinajstić information content (AvgIpc) is 2.47. The van der Waals surface area contributed by atoms with Crippen molar-refractivity contribution in [3.63, 3.8) is 0 Å². The van der Waals surface area contributed by atoms with E-state index in [4.69, 9.17) is 13.9 Å². The third kappa shape index (κ3) is 5.25. The van der Waals surface area contributed by atoms with Gasteiger partial charge in [0, 0.05) is 6.92 Å². The van der Waals surface area contributed by atoms with Crippen molar-refractivity contribution in [1.82, 2.24) is 0 Å². The Morgan fingerprint density at radius 3 is 1.62 bits per heavy atom. The molecule has 0 aliphatic carbocycles. The van der Waals surface area contributed by atoms with E-state index >= 15 is 0 Å². The molecule has 112 valence electrons. The van der Waals surface area contributed by atoms with E-state index in [-0.39, 0.29) is 0 Å². The van der Waals surface area contributed by atoms with Crippen LogP contribution in [0.4, 0.5) is 0 Å². The van der Waals surface area contributed by atoms with Gasteiger partial charge in [0.25, 0.3) is 0 Å². The summed E-state index contributed by atoms with van der Waals surface area (Å²) in [6.45, 7) is 6.12. The van der Waals surface area contributed by atoms with Gasteiger partial charge in [-0.05, 0) is 29.8 Å². The van der Waals surface area contributed by atoms with Gasteiger partial charge < -0.3 is 13.9 Å². The van der Waals surface area contributed by atoms with Crippen LogP contribution in [0, 0.1) is 0 Å². The first-order valence-corrected chi connectivity index (χ1v) is 8.59. The molecule has 0 atom stereocenters. The van der Waals surface area contributed by atoms with E-state index < -0.39 is 15.7 Å². The van der Waals surface area contributed by atoms with Gasteiger partial charge in [0.1, 0.15) is 11.5 Å². The Bertz CT molecular complexity index is 487. The predicted octanol–water partition coefficient (Wildman–Crippen LogP) is 3.75. The Balaban J connectivity index is 2.13. The summed E-state index contributed by atoms with van der Waals surface area (Å²) < 4.78 is 17.9. The normalized spacial score (nSPS) is 12.0. The second-order valence-electron chi connectivity index (χ2n) is 5.40. The molecule has 2 aromatic rings. The molecule has 0 amide bonds. The van der Waals surface area contributed by atoms with Crippen LogP contribution in [0.5, 0.6) is 11.5 Å². The lowest BCUT2D eigenvalue weighted by Crippen LogP contribution is -2.43. The largest absolute Gasteiger partial charge is 0.431 e. The van der Waals surface area contributed by atoms with E-state index in [2.05, 4.69) is 13.8 Å². The third-order valence-electron chi connectivity index (χ3n) is 2.77. The second kappa shape index (κ2) is 7.29. The van der Waals surface area contributed by atoms with E-state index in [9.17, 15) is 0 Å². The first-order valence-electron chi connectivity index (χ1n) is 7.19. The molecule has 0 radical (unpaired) electrons. The highest BCUT2D eigenvalue weighted by atomic mass is 28.2. The van der Waals surface area contributed by atoms with Crippen molar-refractivity contribution >= 4 is 9.76 Å². The quantitative estimate of drug-likeness (QED) is 0.576. The zero-order valence-electron chi connectivity index (χ0n) is 12.8. The van der Waals surface area contributed by atoms with Crippen LogP contribution in [-0.2, 0) is 4.43 Å². The van der Waals surface area contributed by atoms with Crippen LogP contribution >= 0.6 is 0 Å². The lowest BCUT2D eigenvalue weighted by atomic mass is 10.3. The Kier molecular flexibility index (Phi) is 5.42. The van der Waals surface area contributed by atoms with Crippen LogP contribution in [0.2, 0.25) is 5.54 Å². The first kappa shape index (κ1) is 15.6. The maximum atomic E-state index is 5.99. The zero-order valence-corrected chi connectivity index (χ0v) is 14.2. The molecule has 21 heavy (non-hydrogen) atoms. The number of ether oxygens (including phenoxy) is 2. The average molecular weight is 302 g/mol. The molecule has 0 aromatic heterocycles. The monoisotopic (exact) mass is 302 g/mol. The molecule has 2 aromatic carbocycles. The fourth-order valence-corrected chi connectivity index (χ4v) is 2.56. The summed E-state index contributed by atoms with van der Waals surface area (Å²) in [6, 6.07) is 19.2. The van der Waals surface area contributed by atoms with Gasteiger partial charge >= 0.3 is 5.97 Å². The van der Waals surface area contributed by atoms with E-state index in [1.165, 1.54) is 0 Å². The van der Waals surface area contributed by atoms with Crippen LogP contribution in [0.25, 0.3) is 0 Å². The van der Waals surface area contributed by atoms with Gasteiger partial charge in [-0.3, -0.25) is 0 Å². The summed E-state index contributed by atoms with van der Waals surface area (Å²) in [6.07, 6.45) is 0. The number of hydrogen-bond acceptors (Lipinski definition) is 3. The molecule has 4 heteroatoms. The lowest BCUT2D eigenvalue weighted by molar-refractivity contribution is -0.239. The lowest BCUT2D eigenvalue weighted by Gasteiger charge is -2.31. The standard InChI is InChI=1S/C17H22O3Si/c1-14(2)21-20-17(3,18-15-10-6-4-7-11-15)19-16-12-8-5-9-13-16/h4-14H,21H2,1-3H3. The topological polar surface area (TPSA) is 27.7 Å². The minimum absolute atomic E-state index is 0.531. The highest BCUT2D eigenvalue weighted by Gasteiger charge is 2.30. The van der Waals surface area contributed by atoms with Gasteiger partial charge in [-0.2, -0.15) is 0 Å². The van der Waals surface area contributed by atoms with Gasteiger partial charge in [-0.15, -0.1) is 0 Å². The predicted molar refractivity (Wildman–Crippen MR) is 87.3 cm³/mol. The number of rotatable bonds is 7. The van der Waals surface area contributed by atoms with Gasteiger partial charge in [-0.1, -0.05) is 50.2 Å². The minimum atomic E-state index is -1.10. The smallest absolute Gasteiger partial charge is 0.358 e. The highest BCUT2D eigenvalue weighted by Crippen LogP contribution is 2.24. The Hall–Kier alpha value is -1.78. The number of para-hydroxylation sites is 2. The fourth-order valence-electron chi connectivity index (χ4n) is 1.80. The molecule has 0 spiro atoms. The summed E-state index contributed by atoms with van der Waals surface area (Å²) in [5.41, 5.74) is 0.531. The van der Waals surface area contributed by atoms with E-state index in [1.807, 2.05) is 67.6 Å². The molecule has 0 saturated heterocycles. The Morgan fingerprint density at radius 1 is 0.810 bits per heavy atom. The molecule has 0 fully saturated rings. The van der Waals surface area contributed by atoms with E-state index in [1.54, 1.807) is 0 Å². The maximum Gasteiger partial charge on any atom is 0.358 e. The van der Waals surface area contributed by atoms with Crippen molar-refractivity contribution < 1.29 is 13.9 Å². The van der Waals surface area contributed by atoms with Crippen LogP contribution in [0.3, 0.4) is 0 Å². The van der Waals surface area contributed by atoms with Crippen molar-refractivity contribution in [2.24, 2.45) is 0 Å². The van der Waals surface area contributed by atoms with Gasteiger partial charge in [0.15, 0.2) is 9.76 Å². The van der Waals surface area contributed by atoms with Crippen LogP contribution < -0.4 is 9.47 Å². The van der Waals surface area contributed by atoms with E-state index in [0.29, 0.717) is 5.54 Å².